The molecule has 5 amide bonds. The first-order chi connectivity index (χ1) is 29.3. The van der Waals surface area contributed by atoms with E-state index in [1.807, 2.05) is 30.3 Å². The fourth-order valence-corrected chi connectivity index (χ4v) is 8.85. The van der Waals surface area contributed by atoms with Crippen molar-refractivity contribution in [3.05, 3.63) is 97.6 Å². The van der Waals surface area contributed by atoms with Crippen molar-refractivity contribution in [1.29, 1.82) is 0 Å². The normalized spacial score (nSPS) is 20.6. The summed E-state index contributed by atoms with van der Waals surface area (Å²) in [6.07, 6.45) is -1.00. The van der Waals surface area contributed by atoms with Crippen molar-refractivity contribution in [2.24, 2.45) is 5.92 Å². The van der Waals surface area contributed by atoms with Gasteiger partial charge < -0.3 is 30.1 Å². The van der Waals surface area contributed by atoms with E-state index in [-0.39, 0.29) is 24.3 Å². The molecule has 3 aromatic carbocycles. The number of nitrogens with zero attached hydrogens (tertiary/aromatic N) is 3. The van der Waals surface area contributed by atoms with E-state index < -0.39 is 86.3 Å². The first-order valence-electron chi connectivity index (χ1n) is 19.8. The Labute approximate surface area is 368 Å². The number of methoxy groups -OCH3 is 1. The van der Waals surface area contributed by atoms with Gasteiger partial charge in [0.1, 0.15) is 35.2 Å². The van der Waals surface area contributed by atoms with Crippen LogP contribution in [-0.2, 0) is 29.2 Å². The van der Waals surface area contributed by atoms with Crippen molar-refractivity contribution >= 4 is 66.6 Å². The first kappa shape index (κ1) is 45.5. The summed E-state index contributed by atoms with van der Waals surface area (Å²) >= 11 is 3.20. The van der Waals surface area contributed by atoms with Crippen molar-refractivity contribution in [3.63, 3.8) is 0 Å². The molecule has 16 nitrogen and oxygen atoms in total. The number of hydrogen-bond donors (Lipinski definition) is 4. The van der Waals surface area contributed by atoms with Crippen LogP contribution >= 0.6 is 15.9 Å². The Balaban J connectivity index is 1.39. The molecule has 1 saturated carbocycles. The zero-order chi connectivity index (χ0) is 45.1. The van der Waals surface area contributed by atoms with E-state index in [4.69, 9.17) is 14.5 Å². The predicted octanol–water partition coefficient (Wildman–Crippen LogP) is 4.87. The molecule has 4 aromatic rings. The summed E-state index contributed by atoms with van der Waals surface area (Å²) in [7, 11) is -2.81. The van der Waals surface area contributed by atoms with Crippen molar-refractivity contribution in [2.75, 3.05) is 20.2 Å². The van der Waals surface area contributed by atoms with E-state index in [1.54, 1.807) is 58.0 Å². The summed E-state index contributed by atoms with van der Waals surface area (Å²) in [6, 6.07) is 20.8. The highest BCUT2D eigenvalue weighted by atomic mass is 79.9. The SMILES string of the molecule is C=C[C@@H]1C[C@]1(NC(=O)[C@@H]1C[C@@H](Oc2cc(-c3ccccc3)nc3cc(OC)ccc23)CN1C(=O)[C@H](CNC(=O)C(C)Br)N(C(=O)O)C(C)(C)C)C(=O)NS(=O)(=O)c1ccccc1. The molecular formula is C44H49BrN6O10S. The molecule has 18 heteroatoms. The number of nitrogens with one attached hydrogen (secondary N) is 3. The molecule has 4 N–H and O–H groups in total. The van der Waals surface area contributed by atoms with Gasteiger partial charge in [0.25, 0.3) is 15.9 Å². The lowest BCUT2D eigenvalue weighted by molar-refractivity contribution is -0.144. The van der Waals surface area contributed by atoms with E-state index in [0.29, 0.717) is 28.1 Å². The summed E-state index contributed by atoms with van der Waals surface area (Å²) < 4.78 is 40.7. The highest BCUT2D eigenvalue weighted by molar-refractivity contribution is 9.10. The molecule has 6 rings (SSSR count). The number of ether oxygens (including phenoxy) is 2. The van der Waals surface area contributed by atoms with E-state index in [1.165, 1.54) is 42.4 Å². The van der Waals surface area contributed by atoms with E-state index in [9.17, 15) is 37.5 Å². The van der Waals surface area contributed by atoms with Gasteiger partial charge in [0.2, 0.25) is 17.7 Å². The number of halogens is 1. The molecule has 2 heterocycles. The van der Waals surface area contributed by atoms with Crippen LogP contribution in [0.4, 0.5) is 4.79 Å². The third-order valence-electron chi connectivity index (χ3n) is 10.9. The van der Waals surface area contributed by atoms with Gasteiger partial charge in [-0.2, -0.15) is 0 Å². The zero-order valence-corrected chi connectivity index (χ0v) is 37.2. The van der Waals surface area contributed by atoms with Crippen LogP contribution in [0.25, 0.3) is 22.2 Å². The van der Waals surface area contributed by atoms with Crippen molar-refractivity contribution in [3.8, 4) is 22.8 Å². The summed E-state index contributed by atoms with van der Waals surface area (Å²) in [5.41, 5.74) is -0.990. The molecular weight excluding hydrogens is 884 g/mol. The van der Waals surface area contributed by atoms with Crippen LogP contribution < -0.4 is 24.8 Å². The minimum Gasteiger partial charge on any atom is -0.497 e. The van der Waals surface area contributed by atoms with Crippen LogP contribution in [-0.4, -0.2) is 112 Å². The number of alkyl halides is 1. The molecule has 1 saturated heterocycles. The lowest BCUT2D eigenvalue weighted by atomic mass is 10.0. The number of carboxylic acid groups (broad SMARTS) is 1. The Morgan fingerprint density at radius 1 is 1.05 bits per heavy atom. The highest BCUT2D eigenvalue weighted by Crippen LogP contribution is 2.45. The molecule has 0 bridgehead atoms. The summed E-state index contributed by atoms with van der Waals surface area (Å²) in [4.78, 5) is 75.3. The number of pyridine rings is 1. The van der Waals surface area contributed by atoms with Crippen molar-refractivity contribution in [2.45, 2.75) is 79.5 Å². The lowest BCUT2D eigenvalue weighted by Gasteiger charge is -2.41. The molecule has 328 valence electrons. The fourth-order valence-electron chi connectivity index (χ4n) is 7.63. The Hall–Kier alpha value is -6.01. The van der Waals surface area contributed by atoms with Crippen LogP contribution in [0.5, 0.6) is 11.5 Å². The smallest absolute Gasteiger partial charge is 0.408 e. The predicted molar refractivity (Wildman–Crippen MR) is 234 cm³/mol. The highest BCUT2D eigenvalue weighted by Gasteiger charge is 2.61. The van der Waals surface area contributed by atoms with Crippen LogP contribution in [0.15, 0.2) is 102 Å². The minimum absolute atomic E-state index is 0.0178. The average Bonchev–Trinajstić information content (AvgIpc) is 3.80. The molecule has 6 atom stereocenters. The van der Waals surface area contributed by atoms with Crippen molar-refractivity contribution in [1.82, 2.24) is 30.1 Å². The van der Waals surface area contributed by atoms with Gasteiger partial charge in [-0.3, -0.25) is 24.1 Å². The average molecular weight is 934 g/mol. The summed E-state index contributed by atoms with van der Waals surface area (Å²) in [5.74, 6) is -2.86. The second-order valence-electron chi connectivity index (χ2n) is 16.2. The lowest BCUT2D eigenvalue weighted by Crippen LogP contribution is -2.63. The number of hydrogen-bond acceptors (Lipinski definition) is 10. The van der Waals surface area contributed by atoms with E-state index >= 15 is 0 Å². The maximum absolute atomic E-state index is 15.0. The van der Waals surface area contributed by atoms with Gasteiger partial charge in [-0.25, -0.2) is 22.9 Å². The topological polar surface area (TPSA) is 214 Å². The van der Waals surface area contributed by atoms with E-state index in [0.717, 1.165) is 10.5 Å². The molecule has 2 fully saturated rings. The summed E-state index contributed by atoms with van der Waals surface area (Å²) in [6.45, 7) is 9.48. The second-order valence-corrected chi connectivity index (χ2v) is 19.2. The molecule has 1 unspecified atom stereocenters. The van der Waals surface area contributed by atoms with Crippen LogP contribution in [0.3, 0.4) is 0 Å². The molecule has 1 aliphatic carbocycles. The number of benzene rings is 3. The largest absolute Gasteiger partial charge is 0.497 e. The van der Waals surface area contributed by atoms with Gasteiger partial charge in [-0.15, -0.1) is 6.58 Å². The Morgan fingerprint density at radius 2 is 1.71 bits per heavy atom. The van der Waals surface area contributed by atoms with Gasteiger partial charge in [-0.1, -0.05) is 70.5 Å². The number of aromatic nitrogens is 1. The first-order valence-corrected chi connectivity index (χ1v) is 22.2. The molecule has 0 radical (unpaired) electrons. The monoisotopic (exact) mass is 932 g/mol. The van der Waals surface area contributed by atoms with Crippen LogP contribution in [0.1, 0.15) is 40.5 Å². The molecule has 0 spiro atoms. The van der Waals surface area contributed by atoms with Gasteiger partial charge in [0.15, 0.2) is 0 Å². The third-order valence-corrected chi connectivity index (χ3v) is 12.6. The summed E-state index contributed by atoms with van der Waals surface area (Å²) in [5, 5.41) is 16.5. The van der Waals surface area contributed by atoms with Gasteiger partial charge >= 0.3 is 6.09 Å². The maximum atomic E-state index is 15.0. The Bertz CT molecular complexity index is 2480. The number of fused-ring (bicyclic) bond motifs is 1. The number of amides is 5. The molecule has 62 heavy (non-hydrogen) atoms. The van der Waals surface area contributed by atoms with E-state index in [2.05, 4.69) is 37.9 Å². The molecule has 1 aliphatic heterocycles. The third kappa shape index (κ3) is 9.70. The fraction of sp³-hybridized carbons (Fsp3) is 0.364. The second kappa shape index (κ2) is 18.1. The number of sulfonamides is 1. The maximum Gasteiger partial charge on any atom is 0.408 e. The van der Waals surface area contributed by atoms with Crippen LogP contribution in [0, 0.1) is 5.92 Å². The molecule has 2 aliphatic rings. The number of rotatable bonds is 15. The van der Waals surface area contributed by atoms with Crippen LogP contribution in [0.2, 0.25) is 0 Å². The Kier molecular flexibility index (Phi) is 13.3. The minimum atomic E-state index is -4.35. The Morgan fingerprint density at radius 3 is 2.29 bits per heavy atom. The number of carbonyl (C=O) groups is 5. The zero-order valence-electron chi connectivity index (χ0n) is 34.8. The van der Waals surface area contributed by atoms with Crippen molar-refractivity contribution < 1.29 is 47.0 Å². The standard InChI is InChI=1S/C44H49BrN6O10S/c1-7-28-23-44(28,41(55)49-62(58,59)31-16-12-9-13-17-31)48-39(53)35-21-30(25-50(35)40(54)36(24-46-38(52)26(2)45)51(42(56)57)43(3,4)5)61-37-22-33(27-14-10-8-11-15-27)47-34-20-29(60-6)18-19-32(34)37/h7-20,22,26,28,30,35-36H,1,21,23-25H2,2-6H3,(H,46,52)(H,48,53)(H,49,55)(H,56,57)/t26?,28-,30-,35+,36+,44-/m1/s1. The quantitative estimate of drug-likeness (QED) is 0.0933. The molecule has 1 aromatic heterocycles. The van der Waals surface area contributed by atoms with Gasteiger partial charge in [0.05, 0.1) is 34.6 Å². The number of carbonyl (C=O) groups excluding carboxylic acids is 4. The number of likely N-dealkylation sites (tertiary alicyclic amines) is 1. The van der Waals surface area contributed by atoms with Gasteiger partial charge in [0, 0.05) is 47.5 Å². The van der Waals surface area contributed by atoms with Gasteiger partial charge in [-0.05, 0) is 58.4 Å².